The highest BCUT2D eigenvalue weighted by molar-refractivity contribution is 6.10. The molecule has 0 radical (unpaired) electrons. The van der Waals surface area contributed by atoms with Crippen LogP contribution in [0, 0.1) is 10.1 Å². The number of nitro benzene ring substituents is 1. The Hall–Kier alpha value is -3.28. The molecule has 0 aromatic heterocycles. The quantitative estimate of drug-likeness (QED) is 0.698. The van der Waals surface area contributed by atoms with Crippen LogP contribution in [0.15, 0.2) is 65.8 Å². The van der Waals surface area contributed by atoms with Gasteiger partial charge in [0.15, 0.2) is 0 Å². The second-order valence-corrected chi connectivity index (χ2v) is 5.03. The van der Waals surface area contributed by atoms with Crippen LogP contribution in [0.1, 0.15) is 22.3 Å². The van der Waals surface area contributed by atoms with E-state index in [1.165, 1.54) is 12.1 Å². The highest BCUT2D eigenvalue weighted by Gasteiger charge is 2.17. The van der Waals surface area contributed by atoms with Gasteiger partial charge in [0, 0.05) is 30.3 Å². The molecule has 0 saturated carbocycles. The number of hydrogen-bond donors (Lipinski definition) is 1. The molecule has 0 bridgehead atoms. The number of hydrogen-bond acceptors (Lipinski definition) is 4. The van der Waals surface area contributed by atoms with Crippen molar-refractivity contribution in [3.05, 3.63) is 82.0 Å². The molecule has 1 amide bonds. The highest BCUT2D eigenvalue weighted by Crippen LogP contribution is 2.26. The van der Waals surface area contributed by atoms with E-state index in [1.54, 1.807) is 42.6 Å². The Morgan fingerprint density at radius 2 is 1.91 bits per heavy atom. The number of amides is 1. The summed E-state index contributed by atoms with van der Waals surface area (Å²) >= 11 is 0. The van der Waals surface area contributed by atoms with Crippen LogP contribution in [0.25, 0.3) is 5.57 Å². The zero-order chi connectivity index (χ0) is 16.2. The van der Waals surface area contributed by atoms with Gasteiger partial charge in [-0.1, -0.05) is 30.3 Å². The maximum atomic E-state index is 12.1. The van der Waals surface area contributed by atoms with Crippen molar-refractivity contribution >= 4 is 23.0 Å². The van der Waals surface area contributed by atoms with Gasteiger partial charge < -0.3 is 5.32 Å². The third-order valence-corrected chi connectivity index (χ3v) is 3.46. The standard InChI is InChI=1S/C17H13N3O3/c21-17(12-5-2-1-3-6-12)19-16-10-14(11-18-16)13-7-4-8-15(9-13)20(22)23/h1-9,11H,10H2,(H,18,19,21). The molecule has 0 unspecified atom stereocenters. The molecule has 1 heterocycles. The molecule has 0 spiro atoms. The van der Waals surface area contributed by atoms with Crippen molar-refractivity contribution in [3.63, 3.8) is 0 Å². The molecule has 23 heavy (non-hydrogen) atoms. The third-order valence-electron chi connectivity index (χ3n) is 3.46. The maximum Gasteiger partial charge on any atom is 0.270 e. The lowest BCUT2D eigenvalue weighted by Crippen LogP contribution is -2.29. The molecule has 1 aliphatic heterocycles. The summed E-state index contributed by atoms with van der Waals surface area (Å²) in [6.45, 7) is 0. The SMILES string of the molecule is O=C(NC1=NC=C(c2cccc([N+](=O)[O-])c2)C1)c1ccccc1. The summed E-state index contributed by atoms with van der Waals surface area (Å²) in [5.74, 6) is 0.304. The first-order valence-corrected chi connectivity index (χ1v) is 7.00. The Morgan fingerprint density at radius 1 is 1.13 bits per heavy atom. The van der Waals surface area contributed by atoms with E-state index in [2.05, 4.69) is 10.3 Å². The largest absolute Gasteiger partial charge is 0.310 e. The molecule has 0 aliphatic carbocycles. The average Bonchev–Trinajstić information content (AvgIpc) is 3.04. The first-order chi connectivity index (χ1) is 11.1. The summed E-state index contributed by atoms with van der Waals surface area (Å²) in [6.07, 6.45) is 2.05. The predicted octanol–water partition coefficient (Wildman–Crippen LogP) is 3.17. The summed E-state index contributed by atoms with van der Waals surface area (Å²) in [6, 6.07) is 15.2. The molecule has 0 fully saturated rings. The fourth-order valence-electron chi connectivity index (χ4n) is 2.29. The number of non-ortho nitro benzene ring substituents is 1. The lowest BCUT2D eigenvalue weighted by Gasteiger charge is -2.06. The molecular formula is C17H13N3O3. The fourth-order valence-corrected chi connectivity index (χ4v) is 2.29. The average molecular weight is 307 g/mol. The Bertz CT molecular complexity index is 826. The van der Waals surface area contributed by atoms with Crippen molar-refractivity contribution in [2.45, 2.75) is 6.42 Å². The summed E-state index contributed by atoms with van der Waals surface area (Å²) in [5.41, 5.74) is 2.15. The zero-order valence-electron chi connectivity index (χ0n) is 12.1. The first kappa shape index (κ1) is 14.6. The Labute approximate surface area is 132 Å². The molecule has 1 aliphatic rings. The number of benzene rings is 2. The number of rotatable bonds is 3. The van der Waals surface area contributed by atoms with E-state index < -0.39 is 4.92 Å². The number of amidine groups is 1. The van der Waals surface area contributed by atoms with Crippen LogP contribution in [0.5, 0.6) is 0 Å². The number of aliphatic imine (C=N–C) groups is 1. The second-order valence-electron chi connectivity index (χ2n) is 5.03. The smallest absolute Gasteiger partial charge is 0.270 e. The summed E-state index contributed by atoms with van der Waals surface area (Å²) < 4.78 is 0. The number of nitrogens with zero attached hydrogens (tertiary/aromatic N) is 2. The van der Waals surface area contributed by atoms with Gasteiger partial charge in [0.25, 0.3) is 11.6 Å². The molecule has 2 aromatic carbocycles. The van der Waals surface area contributed by atoms with Crippen LogP contribution in [0.3, 0.4) is 0 Å². The van der Waals surface area contributed by atoms with Gasteiger partial charge >= 0.3 is 0 Å². The van der Waals surface area contributed by atoms with Crippen molar-refractivity contribution in [2.75, 3.05) is 0 Å². The van der Waals surface area contributed by atoms with E-state index >= 15 is 0 Å². The molecule has 3 rings (SSSR count). The number of nitro groups is 1. The monoisotopic (exact) mass is 307 g/mol. The van der Waals surface area contributed by atoms with Crippen molar-refractivity contribution in [1.82, 2.24) is 5.32 Å². The Balaban J connectivity index is 1.67. The van der Waals surface area contributed by atoms with E-state index in [0.717, 1.165) is 11.1 Å². The summed E-state index contributed by atoms with van der Waals surface area (Å²) in [7, 11) is 0. The molecule has 0 atom stereocenters. The Morgan fingerprint density at radius 3 is 2.65 bits per heavy atom. The van der Waals surface area contributed by atoms with Gasteiger partial charge in [-0.25, -0.2) is 4.99 Å². The second kappa shape index (κ2) is 6.23. The maximum absolute atomic E-state index is 12.1. The minimum atomic E-state index is -0.433. The van der Waals surface area contributed by atoms with Crippen molar-refractivity contribution in [2.24, 2.45) is 4.99 Å². The van der Waals surface area contributed by atoms with E-state index in [4.69, 9.17) is 0 Å². The van der Waals surface area contributed by atoms with Crippen LogP contribution in [0.4, 0.5) is 5.69 Å². The van der Waals surface area contributed by atoms with Gasteiger partial charge in [-0.3, -0.25) is 14.9 Å². The van der Waals surface area contributed by atoms with Crippen LogP contribution in [-0.2, 0) is 0 Å². The first-order valence-electron chi connectivity index (χ1n) is 7.00. The van der Waals surface area contributed by atoms with Crippen LogP contribution < -0.4 is 5.32 Å². The zero-order valence-corrected chi connectivity index (χ0v) is 12.1. The minimum Gasteiger partial charge on any atom is -0.310 e. The molecule has 6 heteroatoms. The van der Waals surface area contributed by atoms with Crippen LogP contribution in [0.2, 0.25) is 0 Å². The molecule has 0 saturated heterocycles. The topological polar surface area (TPSA) is 84.6 Å². The normalized spacial score (nSPS) is 13.2. The Kier molecular flexibility index (Phi) is 3.97. The summed E-state index contributed by atoms with van der Waals surface area (Å²) in [5, 5.41) is 13.6. The molecular weight excluding hydrogens is 294 g/mol. The highest BCUT2D eigenvalue weighted by atomic mass is 16.6. The molecule has 6 nitrogen and oxygen atoms in total. The van der Waals surface area contributed by atoms with Gasteiger partial charge in [-0.15, -0.1) is 0 Å². The van der Waals surface area contributed by atoms with E-state index in [0.29, 0.717) is 17.8 Å². The summed E-state index contributed by atoms with van der Waals surface area (Å²) in [4.78, 5) is 26.7. The van der Waals surface area contributed by atoms with Gasteiger partial charge in [0.05, 0.1) is 4.92 Å². The number of nitrogens with one attached hydrogen (secondary N) is 1. The van der Waals surface area contributed by atoms with Gasteiger partial charge in [0.2, 0.25) is 0 Å². The predicted molar refractivity (Wildman–Crippen MR) is 87.0 cm³/mol. The van der Waals surface area contributed by atoms with E-state index in [9.17, 15) is 14.9 Å². The van der Waals surface area contributed by atoms with Crippen LogP contribution >= 0.6 is 0 Å². The third kappa shape index (κ3) is 3.32. The van der Waals surface area contributed by atoms with Gasteiger partial charge in [0.1, 0.15) is 5.84 Å². The number of carbonyl (C=O) groups is 1. The van der Waals surface area contributed by atoms with Crippen LogP contribution in [-0.4, -0.2) is 16.7 Å². The van der Waals surface area contributed by atoms with E-state index in [-0.39, 0.29) is 11.6 Å². The fraction of sp³-hybridized carbons (Fsp3) is 0.0588. The van der Waals surface area contributed by atoms with E-state index in [1.807, 2.05) is 6.07 Å². The van der Waals surface area contributed by atoms with Gasteiger partial charge in [-0.2, -0.15) is 0 Å². The van der Waals surface area contributed by atoms with Gasteiger partial charge in [-0.05, 0) is 23.3 Å². The number of carbonyl (C=O) groups excluding carboxylic acids is 1. The minimum absolute atomic E-state index is 0.0326. The van der Waals surface area contributed by atoms with Crippen molar-refractivity contribution in [3.8, 4) is 0 Å². The molecule has 1 N–H and O–H groups in total. The van der Waals surface area contributed by atoms with Crippen molar-refractivity contribution in [1.29, 1.82) is 0 Å². The lowest BCUT2D eigenvalue weighted by atomic mass is 10.0. The molecule has 2 aromatic rings. The molecule has 114 valence electrons. The van der Waals surface area contributed by atoms with Crippen molar-refractivity contribution < 1.29 is 9.72 Å². The lowest BCUT2D eigenvalue weighted by molar-refractivity contribution is -0.384.